The number of imidazole rings is 1. The molecule has 128 valence electrons. The lowest BCUT2D eigenvalue weighted by molar-refractivity contribution is 1.10. The third kappa shape index (κ3) is 2.81. The molecule has 27 heavy (non-hydrogen) atoms. The average Bonchev–Trinajstić information content (AvgIpc) is 3.15. The van der Waals surface area contributed by atoms with Gasteiger partial charge in [-0.25, -0.2) is 4.98 Å². The fourth-order valence-corrected chi connectivity index (χ4v) is 3.52. The van der Waals surface area contributed by atoms with Crippen LogP contribution in [0.5, 0.6) is 0 Å². The molecule has 0 N–H and O–H groups in total. The summed E-state index contributed by atoms with van der Waals surface area (Å²) in [4.78, 5) is 4.92. The summed E-state index contributed by atoms with van der Waals surface area (Å²) in [6, 6.07) is 37.8. The summed E-state index contributed by atoms with van der Waals surface area (Å²) >= 11 is 0. The molecule has 0 fully saturated rings. The van der Waals surface area contributed by atoms with E-state index in [1.807, 2.05) is 18.2 Å². The maximum absolute atomic E-state index is 4.92. The van der Waals surface area contributed by atoms with Crippen molar-refractivity contribution in [1.29, 1.82) is 0 Å². The van der Waals surface area contributed by atoms with Crippen molar-refractivity contribution in [2.24, 2.45) is 0 Å². The van der Waals surface area contributed by atoms with E-state index in [1.165, 1.54) is 11.1 Å². The molecular weight excluding hydrogens is 328 g/mol. The van der Waals surface area contributed by atoms with E-state index in [0.29, 0.717) is 0 Å². The molecule has 0 aliphatic carbocycles. The Kier molecular flexibility index (Phi) is 3.80. The molecule has 0 spiro atoms. The fraction of sp³-hybridized carbons (Fsp3) is 0. The number of hydrogen-bond acceptors (Lipinski definition) is 1. The zero-order chi connectivity index (χ0) is 18.1. The Morgan fingerprint density at radius 3 is 1.93 bits per heavy atom. The first-order valence-electron chi connectivity index (χ1n) is 9.09. The molecule has 4 aromatic carbocycles. The highest BCUT2D eigenvalue weighted by atomic mass is 15.1. The Morgan fingerprint density at radius 2 is 1.15 bits per heavy atom. The molecule has 5 aromatic rings. The van der Waals surface area contributed by atoms with Gasteiger partial charge in [-0.3, -0.25) is 4.57 Å². The van der Waals surface area contributed by atoms with Gasteiger partial charge in [-0.15, -0.1) is 0 Å². The van der Waals surface area contributed by atoms with Crippen molar-refractivity contribution in [2.45, 2.75) is 0 Å². The van der Waals surface area contributed by atoms with Gasteiger partial charge in [-0.05, 0) is 35.4 Å². The van der Waals surface area contributed by atoms with Crippen LogP contribution in [0.3, 0.4) is 0 Å². The second-order valence-corrected chi connectivity index (χ2v) is 6.54. The standard InChI is InChI=1S/C25H18N2/c1-3-10-19(11-4-1)21-14-9-15-22(18-21)27-24-17-8-7-16-23(24)26-25(27)20-12-5-2-6-13-20/h1-18H. The van der Waals surface area contributed by atoms with Gasteiger partial charge in [0, 0.05) is 11.3 Å². The number of nitrogens with zero attached hydrogens (tertiary/aromatic N) is 2. The van der Waals surface area contributed by atoms with Crippen LogP contribution in [0.2, 0.25) is 0 Å². The van der Waals surface area contributed by atoms with Crippen molar-refractivity contribution in [3.8, 4) is 28.2 Å². The first-order valence-corrected chi connectivity index (χ1v) is 9.09. The molecule has 5 rings (SSSR count). The van der Waals surface area contributed by atoms with Crippen molar-refractivity contribution < 1.29 is 0 Å². The van der Waals surface area contributed by atoms with E-state index in [9.17, 15) is 0 Å². The number of benzene rings is 4. The monoisotopic (exact) mass is 346 g/mol. The number of hydrogen-bond donors (Lipinski definition) is 0. The minimum absolute atomic E-state index is 0.960. The molecule has 0 saturated carbocycles. The van der Waals surface area contributed by atoms with Gasteiger partial charge < -0.3 is 0 Å². The third-order valence-corrected chi connectivity index (χ3v) is 4.80. The average molecular weight is 346 g/mol. The fourth-order valence-electron chi connectivity index (χ4n) is 3.52. The highest BCUT2D eigenvalue weighted by Gasteiger charge is 2.14. The van der Waals surface area contributed by atoms with Gasteiger partial charge in [0.1, 0.15) is 5.82 Å². The highest BCUT2D eigenvalue weighted by molar-refractivity contribution is 5.83. The summed E-state index contributed by atoms with van der Waals surface area (Å²) in [5, 5.41) is 0. The maximum atomic E-state index is 4.92. The normalized spacial score (nSPS) is 11.0. The van der Waals surface area contributed by atoms with Crippen LogP contribution in [-0.2, 0) is 0 Å². The van der Waals surface area contributed by atoms with Crippen molar-refractivity contribution in [2.75, 3.05) is 0 Å². The molecule has 2 nitrogen and oxygen atoms in total. The van der Waals surface area contributed by atoms with Crippen molar-refractivity contribution in [3.05, 3.63) is 109 Å². The molecule has 0 unspecified atom stereocenters. The molecular formula is C25H18N2. The highest BCUT2D eigenvalue weighted by Crippen LogP contribution is 2.30. The largest absolute Gasteiger partial charge is 0.292 e. The quantitative estimate of drug-likeness (QED) is 0.372. The first-order chi connectivity index (χ1) is 13.4. The van der Waals surface area contributed by atoms with E-state index in [2.05, 4.69) is 95.6 Å². The van der Waals surface area contributed by atoms with Gasteiger partial charge in [0.15, 0.2) is 0 Å². The van der Waals surface area contributed by atoms with Crippen molar-refractivity contribution in [3.63, 3.8) is 0 Å². The van der Waals surface area contributed by atoms with Crippen molar-refractivity contribution >= 4 is 11.0 Å². The van der Waals surface area contributed by atoms with E-state index in [0.717, 1.165) is 28.1 Å². The van der Waals surface area contributed by atoms with Gasteiger partial charge in [0.25, 0.3) is 0 Å². The molecule has 1 heterocycles. The Balaban J connectivity index is 1.76. The summed E-state index contributed by atoms with van der Waals surface area (Å²) < 4.78 is 2.25. The third-order valence-electron chi connectivity index (χ3n) is 4.80. The van der Waals surface area contributed by atoms with E-state index in [-0.39, 0.29) is 0 Å². The Morgan fingerprint density at radius 1 is 0.519 bits per heavy atom. The lowest BCUT2D eigenvalue weighted by Gasteiger charge is -2.11. The number of fused-ring (bicyclic) bond motifs is 1. The molecule has 0 amide bonds. The molecule has 1 aromatic heterocycles. The Labute approximate surface area is 158 Å². The summed E-state index contributed by atoms with van der Waals surface area (Å²) in [5.41, 5.74) is 6.75. The second-order valence-electron chi connectivity index (χ2n) is 6.54. The lowest BCUT2D eigenvalue weighted by Crippen LogP contribution is -1.97. The molecule has 0 radical (unpaired) electrons. The Bertz CT molecular complexity index is 1210. The van der Waals surface area contributed by atoms with E-state index < -0.39 is 0 Å². The van der Waals surface area contributed by atoms with Gasteiger partial charge in [-0.1, -0.05) is 84.9 Å². The number of rotatable bonds is 3. The molecule has 2 heteroatoms. The van der Waals surface area contributed by atoms with Crippen LogP contribution >= 0.6 is 0 Å². The molecule has 0 aliphatic rings. The van der Waals surface area contributed by atoms with Crippen LogP contribution in [0.15, 0.2) is 109 Å². The van der Waals surface area contributed by atoms with Gasteiger partial charge in [0.05, 0.1) is 11.0 Å². The minimum atomic E-state index is 0.960. The summed E-state index contributed by atoms with van der Waals surface area (Å²) in [5.74, 6) is 0.960. The Hall–Kier alpha value is -3.65. The van der Waals surface area contributed by atoms with E-state index in [4.69, 9.17) is 4.98 Å². The second kappa shape index (κ2) is 6.58. The summed E-state index contributed by atoms with van der Waals surface area (Å²) in [6.45, 7) is 0. The lowest BCUT2D eigenvalue weighted by atomic mass is 10.1. The van der Waals surface area contributed by atoms with Crippen molar-refractivity contribution in [1.82, 2.24) is 9.55 Å². The van der Waals surface area contributed by atoms with Crippen LogP contribution in [-0.4, -0.2) is 9.55 Å². The van der Waals surface area contributed by atoms with Crippen LogP contribution in [0.1, 0.15) is 0 Å². The molecule has 0 saturated heterocycles. The summed E-state index contributed by atoms with van der Waals surface area (Å²) in [7, 11) is 0. The molecule has 0 aliphatic heterocycles. The molecule has 0 bridgehead atoms. The first kappa shape index (κ1) is 15.6. The van der Waals surface area contributed by atoms with E-state index in [1.54, 1.807) is 0 Å². The zero-order valence-electron chi connectivity index (χ0n) is 14.8. The van der Waals surface area contributed by atoms with Gasteiger partial charge in [0.2, 0.25) is 0 Å². The van der Waals surface area contributed by atoms with Crippen LogP contribution in [0.4, 0.5) is 0 Å². The van der Waals surface area contributed by atoms with Gasteiger partial charge in [-0.2, -0.15) is 0 Å². The van der Waals surface area contributed by atoms with Crippen LogP contribution < -0.4 is 0 Å². The van der Waals surface area contributed by atoms with Crippen LogP contribution in [0.25, 0.3) is 39.2 Å². The SMILES string of the molecule is c1ccc(-c2cccc(-n3c(-c4ccccc4)nc4ccccc43)c2)cc1. The van der Waals surface area contributed by atoms with Crippen LogP contribution in [0, 0.1) is 0 Å². The number of para-hydroxylation sites is 2. The van der Waals surface area contributed by atoms with E-state index >= 15 is 0 Å². The zero-order valence-corrected chi connectivity index (χ0v) is 14.8. The maximum Gasteiger partial charge on any atom is 0.145 e. The topological polar surface area (TPSA) is 17.8 Å². The number of aromatic nitrogens is 2. The predicted octanol–water partition coefficient (Wildman–Crippen LogP) is 6.36. The minimum Gasteiger partial charge on any atom is -0.292 e. The smallest absolute Gasteiger partial charge is 0.145 e. The van der Waals surface area contributed by atoms with Gasteiger partial charge >= 0.3 is 0 Å². The predicted molar refractivity (Wildman–Crippen MR) is 112 cm³/mol. The molecule has 0 atom stereocenters. The summed E-state index contributed by atoms with van der Waals surface area (Å²) in [6.07, 6.45) is 0.